The molecule has 24 heavy (non-hydrogen) atoms. The number of carboxylic acid groups (broad SMARTS) is 1. The minimum Gasteiger partial charge on any atom is -0.480 e. The third kappa shape index (κ3) is 2.27. The second-order valence-corrected chi connectivity index (χ2v) is 7.32. The monoisotopic (exact) mass is 345 g/mol. The summed E-state index contributed by atoms with van der Waals surface area (Å²) < 4.78 is 0. The average Bonchev–Trinajstić information content (AvgIpc) is 2.48. The number of hydrogen-bond donors (Lipinski definition) is 1. The van der Waals surface area contributed by atoms with Gasteiger partial charge in [0.15, 0.2) is 0 Å². The van der Waals surface area contributed by atoms with Crippen LogP contribution in [0.2, 0.25) is 5.02 Å². The van der Waals surface area contributed by atoms with Gasteiger partial charge in [-0.15, -0.1) is 0 Å². The fraction of sp³-hybridized carbons (Fsp3) is 0.278. The molecule has 1 heterocycles. The second-order valence-electron chi connectivity index (χ2n) is 6.91. The molecule has 0 aromatic heterocycles. The van der Waals surface area contributed by atoms with E-state index in [2.05, 4.69) is 0 Å². The van der Waals surface area contributed by atoms with Gasteiger partial charge in [-0.1, -0.05) is 44.5 Å². The Kier molecular flexibility index (Phi) is 3.64. The molecule has 0 fully saturated rings. The summed E-state index contributed by atoms with van der Waals surface area (Å²) in [5, 5.41) is 11.1. The van der Waals surface area contributed by atoms with Crippen LogP contribution in [0, 0.1) is 5.41 Å². The first-order valence-electron chi connectivity index (χ1n) is 7.46. The van der Waals surface area contributed by atoms with Gasteiger partial charge in [0, 0.05) is 26.9 Å². The Balaban J connectivity index is 2.29. The molecule has 1 aliphatic rings. The van der Waals surface area contributed by atoms with Crippen LogP contribution in [0.1, 0.15) is 41.5 Å². The largest absolute Gasteiger partial charge is 0.480 e. The van der Waals surface area contributed by atoms with Gasteiger partial charge < -0.3 is 5.11 Å². The Labute approximate surface area is 143 Å². The molecule has 0 saturated carbocycles. The molecule has 3 rings (SSSR count). The van der Waals surface area contributed by atoms with Crippen LogP contribution in [-0.4, -0.2) is 33.8 Å². The topological polar surface area (TPSA) is 74.7 Å². The maximum Gasteiger partial charge on any atom is 0.327 e. The SMILES string of the molecule is CC(C)(C)[C@H](C(=O)O)N1C(=O)c2cccc3c(Cl)ccc(c23)C1=O. The number of amides is 2. The molecule has 2 aromatic carbocycles. The van der Waals surface area contributed by atoms with E-state index >= 15 is 0 Å². The highest BCUT2D eigenvalue weighted by Crippen LogP contribution is 2.37. The Morgan fingerprint density at radius 2 is 1.67 bits per heavy atom. The number of benzene rings is 2. The van der Waals surface area contributed by atoms with Crippen molar-refractivity contribution in [1.82, 2.24) is 4.90 Å². The zero-order valence-corrected chi connectivity index (χ0v) is 14.2. The van der Waals surface area contributed by atoms with Crippen molar-refractivity contribution < 1.29 is 19.5 Å². The molecular formula is C18H16ClNO4. The second kappa shape index (κ2) is 5.31. The molecule has 2 amide bonds. The molecule has 0 radical (unpaired) electrons. The number of carbonyl (C=O) groups excluding carboxylic acids is 2. The number of carbonyl (C=O) groups is 3. The number of carboxylic acids is 1. The summed E-state index contributed by atoms with van der Waals surface area (Å²) in [6.07, 6.45) is 0. The minimum atomic E-state index is -1.27. The first-order valence-corrected chi connectivity index (χ1v) is 7.84. The predicted octanol–water partition coefficient (Wildman–Crippen LogP) is 3.59. The highest BCUT2D eigenvalue weighted by atomic mass is 35.5. The number of halogens is 1. The number of imide groups is 1. The van der Waals surface area contributed by atoms with Crippen LogP contribution in [0.3, 0.4) is 0 Å². The van der Waals surface area contributed by atoms with Crippen LogP contribution in [-0.2, 0) is 4.79 Å². The fourth-order valence-corrected chi connectivity index (χ4v) is 3.40. The third-order valence-electron chi connectivity index (χ3n) is 4.20. The Morgan fingerprint density at radius 3 is 2.21 bits per heavy atom. The molecule has 1 aliphatic heterocycles. The zero-order chi connectivity index (χ0) is 17.8. The van der Waals surface area contributed by atoms with E-state index in [1.807, 2.05) is 0 Å². The van der Waals surface area contributed by atoms with Gasteiger partial charge in [-0.3, -0.25) is 14.5 Å². The van der Waals surface area contributed by atoms with Gasteiger partial charge in [-0.25, -0.2) is 4.79 Å². The quantitative estimate of drug-likeness (QED) is 0.844. The predicted molar refractivity (Wildman–Crippen MR) is 90.3 cm³/mol. The van der Waals surface area contributed by atoms with E-state index in [1.165, 1.54) is 6.07 Å². The number of rotatable bonds is 2. The van der Waals surface area contributed by atoms with E-state index in [4.69, 9.17) is 11.6 Å². The summed E-state index contributed by atoms with van der Waals surface area (Å²) in [6, 6.07) is 6.85. The maximum atomic E-state index is 12.9. The van der Waals surface area contributed by atoms with Crippen LogP contribution >= 0.6 is 11.6 Å². The first-order chi connectivity index (χ1) is 11.1. The lowest BCUT2D eigenvalue weighted by Crippen LogP contribution is -2.56. The smallest absolute Gasteiger partial charge is 0.327 e. The van der Waals surface area contributed by atoms with Crippen LogP contribution in [0.4, 0.5) is 0 Å². The van der Waals surface area contributed by atoms with Crippen molar-refractivity contribution >= 4 is 40.2 Å². The van der Waals surface area contributed by atoms with Crippen LogP contribution in [0.15, 0.2) is 30.3 Å². The third-order valence-corrected chi connectivity index (χ3v) is 4.53. The van der Waals surface area contributed by atoms with Gasteiger partial charge in [-0.05, 0) is 23.6 Å². The molecule has 1 N–H and O–H groups in total. The van der Waals surface area contributed by atoms with Crippen molar-refractivity contribution in [2.45, 2.75) is 26.8 Å². The van der Waals surface area contributed by atoms with Crippen LogP contribution in [0.25, 0.3) is 10.8 Å². The molecule has 0 saturated heterocycles. The minimum absolute atomic E-state index is 0.292. The Bertz CT molecular complexity index is 876. The molecule has 0 spiro atoms. The molecule has 1 atom stereocenters. The van der Waals surface area contributed by atoms with Gasteiger partial charge >= 0.3 is 5.97 Å². The van der Waals surface area contributed by atoms with Crippen molar-refractivity contribution in [3.05, 3.63) is 46.5 Å². The van der Waals surface area contributed by atoms with E-state index in [-0.39, 0.29) is 0 Å². The van der Waals surface area contributed by atoms with E-state index < -0.39 is 29.2 Å². The summed E-state index contributed by atoms with van der Waals surface area (Å²) in [5.41, 5.74) is -0.227. The maximum absolute atomic E-state index is 12.9. The summed E-state index contributed by atoms with van der Waals surface area (Å²) >= 11 is 6.17. The molecule has 2 aromatic rings. The van der Waals surface area contributed by atoms with Crippen LogP contribution < -0.4 is 0 Å². The highest BCUT2D eigenvalue weighted by molar-refractivity contribution is 6.38. The summed E-state index contributed by atoms with van der Waals surface area (Å²) in [6.45, 7) is 5.05. The normalized spacial score (nSPS) is 15.8. The van der Waals surface area contributed by atoms with E-state index in [1.54, 1.807) is 45.0 Å². The molecule has 6 heteroatoms. The van der Waals surface area contributed by atoms with Crippen molar-refractivity contribution in [2.75, 3.05) is 0 Å². The van der Waals surface area contributed by atoms with Gasteiger partial charge in [0.2, 0.25) is 0 Å². The molecule has 0 unspecified atom stereocenters. The lowest BCUT2D eigenvalue weighted by atomic mass is 9.83. The first kappa shape index (κ1) is 16.5. The lowest BCUT2D eigenvalue weighted by molar-refractivity contribution is -0.145. The van der Waals surface area contributed by atoms with E-state index in [9.17, 15) is 19.5 Å². The molecule has 5 nitrogen and oxygen atoms in total. The summed E-state index contributed by atoms with van der Waals surface area (Å²) in [7, 11) is 0. The van der Waals surface area contributed by atoms with Gasteiger partial charge in [-0.2, -0.15) is 0 Å². The Morgan fingerprint density at radius 1 is 1.08 bits per heavy atom. The number of aliphatic carboxylic acids is 1. The van der Waals surface area contributed by atoms with Crippen molar-refractivity contribution in [2.24, 2.45) is 5.41 Å². The number of nitrogens with zero attached hydrogens (tertiary/aromatic N) is 1. The summed E-state index contributed by atoms with van der Waals surface area (Å²) in [5.74, 6) is -2.43. The lowest BCUT2D eigenvalue weighted by Gasteiger charge is -2.38. The summed E-state index contributed by atoms with van der Waals surface area (Å²) in [4.78, 5) is 38.5. The van der Waals surface area contributed by atoms with Gasteiger partial charge in [0.25, 0.3) is 11.8 Å². The van der Waals surface area contributed by atoms with E-state index in [0.717, 1.165) is 4.90 Å². The van der Waals surface area contributed by atoms with Crippen LogP contribution in [0.5, 0.6) is 0 Å². The molecule has 124 valence electrons. The van der Waals surface area contributed by atoms with Gasteiger partial charge in [0.05, 0.1) is 0 Å². The highest BCUT2D eigenvalue weighted by Gasteiger charge is 2.46. The average molecular weight is 346 g/mol. The zero-order valence-electron chi connectivity index (χ0n) is 13.5. The fourth-order valence-electron chi connectivity index (χ4n) is 3.18. The molecule has 0 aliphatic carbocycles. The number of hydrogen-bond acceptors (Lipinski definition) is 3. The van der Waals surface area contributed by atoms with Crippen molar-refractivity contribution in [3.8, 4) is 0 Å². The van der Waals surface area contributed by atoms with E-state index in [0.29, 0.717) is 26.9 Å². The Hall–Kier alpha value is -2.40. The van der Waals surface area contributed by atoms with Crippen molar-refractivity contribution in [3.63, 3.8) is 0 Å². The molecule has 0 bridgehead atoms. The molecular weight excluding hydrogens is 330 g/mol. The van der Waals surface area contributed by atoms with Crippen molar-refractivity contribution in [1.29, 1.82) is 0 Å². The van der Waals surface area contributed by atoms with Gasteiger partial charge in [0.1, 0.15) is 6.04 Å². The standard InChI is InChI=1S/C18H16ClNO4/c1-18(2,3)14(17(23)24)20-15(21)10-6-4-5-9-12(19)8-7-11(13(9)10)16(20)22/h4-8,14H,1-3H3,(H,23,24)/t14-/m0/s1.